The number of nitrogens with one attached hydrogen (secondary N) is 1. The van der Waals surface area contributed by atoms with Crippen molar-refractivity contribution in [2.75, 3.05) is 5.75 Å². The molecule has 3 rings (SSSR count). The van der Waals surface area contributed by atoms with Crippen LogP contribution in [-0.4, -0.2) is 43.8 Å². The second kappa shape index (κ2) is 7.46. The van der Waals surface area contributed by atoms with E-state index in [1.165, 1.54) is 23.9 Å². The maximum atomic E-state index is 12.3. The summed E-state index contributed by atoms with van der Waals surface area (Å²) >= 11 is 2.62. The highest BCUT2D eigenvalue weighted by atomic mass is 32.2. The zero-order chi connectivity index (χ0) is 18.8. The molecule has 0 aromatic heterocycles. The molecule has 0 atom stereocenters. The second-order valence-corrected chi connectivity index (χ2v) is 7.76. The first-order valence-electron chi connectivity index (χ1n) is 7.81. The van der Waals surface area contributed by atoms with Crippen LogP contribution in [0.3, 0.4) is 0 Å². The van der Waals surface area contributed by atoms with Crippen molar-refractivity contribution in [3.05, 3.63) is 41.0 Å². The van der Waals surface area contributed by atoms with Crippen molar-refractivity contribution in [2.24, 2.45) is 15.3 Å². The number of fused-ring (bicyclic) bond motifs is 1. The van der Waals surface area contributed by atoms with Gasteiger partial charge in [-0.15, -0.1) is 0 Å². The Labute approximate surface area is 158 Å². The number of thioether (sulfide) groups is 1. The Morgan fingerprint density at radius 3 is 2.69 bits per heavy atom. The molecule has 0 spiro atoms. The number of carboxylic acids is 1. The van der Waals surface area contributed by atoms with E-state index in [2.05, 4.69) is 23.2 Å². The van der Waals surface area contributed by atoms with Gasteiger partial charge in [0.25, 0.3) is 5.91 Å². The molecule has 1 amide bonds. The largest absolute Gasteiger partial charge is 0.478 e. The van der Waals surface area contributed by atoms with Crippen LogP contribution in [0.1, 0.15) is 29.8 Å². The molecule has 1 aromatic carbocycles. The van der Waals surface area contributed by atoms with E-state index >= 15 is 0 Å². The second-order valence-electron chi connectivity index (χ2n) is 6.04. The van der Waals surface area contributed by atoms with Gasteiger partial charge in [-0.05, 0) is 29.7 Å². The Hall–Kier alpha value is -2.39. The van der Waals surface area contributed by atoms with Crippen LogP contribution >= 0.6 is 23.7 Å². The number of rotatable bonds is 4. The number of carbonyl (C=O) groups excluding carboxylic acids is 1. The van der Waals surface area contributed by atoms with Gasteiger partial charge in [-0.3, -0.25) is 10.2 Å². The molecule has 0 saturated heterocycles. The molecular weight excluding hydrogens is 372 g/mol. The molecule has 2 heterocycles. The van der Waals surface area contributed by atoms with Crippen LogP contribution in [0.15, 0.2) is 39.2 Å². The molecule has 134 valence electrons. The molecule has 0 saturated carbocycles. The van der Waals surface area contributed by atoms with E-state index in [-0.39, 0.29) is 17.0 Å². The van der Waals surface area contributed by atoms with Crippen molar-refractivity contribution < 1.29 is 14.7 Å². The summed E-state index contributed by atoms with van der Waals surface area (Å²) in [7, 11) is 0. The molecule has 1 aromatic rings. The van der Waals surface area contributed by atoms with Gasteiger partial charge in [0.05, 0.1) is 23.1 Å². The molecular formula is C17H16N4O3S2. The van der Waals surface area contributed by atoms with Crippen molar-refractivity contribution >= 4 is 57.8 Å². The van der Waals surface area contributed by atoms with Crippen LogP contribution in [0, 0.1) is 11.3 Å². The van der Waals surface area contributed by atoms with Crippen LogP contribution in [0.25, 0.3) is 6.08 Å². The average molecular weight is 388 g/mol. The fraction of sp³-hybridized carbons (Fsp3) is 0.235. The van der Waals surface area contributed by atoms with Gasteiger partial charge in [0.15, 0.2) is 5.17 Å². The molecule has 0 bridgehead atoms. The number of carbonyl (C=O) groups is 2. The SMILES string of the molecule is CC(C)CSC1=NSC2=NC(=O)/C(=C\c3ccc(C(=O)O)cc3)C(=N)N12. The first kappa shape index (κ1) is 18.4. The predicted molar refractivity (Wildman–Crippen MR) is 106 cm³/mol. The average Bonchev–Trinajstić information content (AvgIpc) is 3.00. The number of benzene rings is 1. The maximum absolute atomic E-state index is 12.3. The van der Waals surface area contributed by atoms with Crippen molar-refractivity contribution in [3.63, 3.8) is 0 Å². The fourth-order valence-electron chi connectivity index (χ4n) is 2.22. The van der Waals surface area contributed by atoms with E-state index in [9.17, 15) is 9.59 Å². The summed E-state index contributed by atoms with van der Waals surface area (Å²) in [5.74, 6) is -0.169. The van der Waals surface area contributed by atoms with Crippen LogP contribution in [0.4, 0.5) is 0 Å². The normalized spacial score (nSPS) is 18.3. The monoisotopic (exact) mass is 388 g/mol. The quantitative estimate of drug-likeness (QED) is 0.605. The van der Waals surface area contributed by atoms with E-state index in [4.69, 9.17) is 10.5 Å². The van der Waals surface area contributed by atoms with Crippen molar-refractivity contribution in [1.29, 1.82) is 5.41 Å². The lowest BCUT2D eigenvalue weighted by molar-refractivity contribution is -0.114. The van der Waals surface area contributed by atoms with Crippen LogP contribution < -0.4 is 0 Å². The number of nitrogens with zero attached hydrogens (tertiary/aromatic N) is 3. The van der Waals surface area contributed by atoms with Crippen LogP contribution in [0.2, 0.25) is 0 Å². The zero-order valence-corrected chi connectivity index (χ0v) is 15.7. The van der Waals surface area contributed by atoms with Gasteiger partial charge in [-0.1, -0.05) is 37.7 Å². The van der Waals surface area contributed by atoms with E-state index < -0.39 is 11.9 Å². The number of amides is 1. The van der Waals surface area contributed by atoms with E-state index in [0.717, 1.165) is 17.7 Å². The summed E-state index contributed by atoms with van der Waals surface area (Å²) in [6, 6.07) is 6.10. The summed E-state index contributed by atoms with van der Waals surface area (Å²) in [6.45, 7) is 4.20. The van der Waals surface area contributed by atoms with Gasteiger partial charge in [-0.2, -0.15) is 9.39 Å². The molecule has 2 aliphatic heterocycles. The third-order valence-electron chi connectivity index (χ3n) is 3.51. The molecule has 0 unspecified atom stereocenters. The molecule has 2 N–H and O–H groups in total. The number of aromatic carboxylic acids is 1. The van der Waals surface area contributed by atoms with Gasteiger partial charge in [0.2, 0.25) is 5.17 Å². The summed E-state index contributed by atoms with van der Waals surface area (Å²) < 4.78 is 4.32. The molecule has 0 fully saturated rings. The molecule has 2 aliphatic rings. The highest BCUT2D eigenvalue weighted by Gasteiger charge is 2.37. The fourth-order valence-corrected chi connectivity index (χ4v) is 4.02. The third-order valence-corrected chi connectivity index (χ3v) is 5.69. The van der Waals surface area contributed by atoms with E-state index in [1.807, 2.05) is 0 Å². The molecule has 9 heteroatoms. The Morgan fingerprint density at radius 1 is 1.38 bits per heavy atom. The molecule has 0 radical (unpaired) electrons. The topological polar surface area (TPSA) is 106 Å². The van der Waals surface area contributed by atoms with Gasteiger partial charge in [0, 0.05) is 5.75 Å². The van der Waals surface area contributed by atoms with Gasteiger partial charge < -0.3 is 5.11 Å². The number of aliphatic imine (C=N–C) groups is 1. The minimum absolute atomic E-state index is 0.0299. The zero-order valence-electron chi connectivity index (χ0n) is 14.1. The molecule has 7 nitrogen and oxygen atoms in total. The van der Waals surface area contributed by atoms with Crippen molar-refractivity contribution in [2.45, 2.75) is 13.8 Å². The Bertz CT molecular complexity index is 872. The highest BCUT2D eigenvalue weighted by molar-refractivity contribution is 8.19. The van der Waals surface area contributed by atoms with Gasteiger partial charge >= 0.3 is 5.97 Å². The molecule has 26 heavy (non-hydrogen) atoms. The lowest BCUT2D eigenvalue weighted by atomic mass is 10.1. The van der Waals surface area contributed by atoms with Crippen LogP contribution in [-0.2, 0) is 4.79 Å². The van der Waals surface area contributed by atoms with Gasteiger partial charge in [0.1, 0.15) is 5.84 Å². The first-order chi connectivity index (χ1) is 12.4. The molecule has 0 aliphatic carbocycles. The van der Waals surface area contributed by atoms with Crippen molar-refractivity contribution in [3.8, 4) is 0 Å². The summed E-state index contributed by atoms with van der Waals surface area (Å²) in [6.07, 6.45) is 1.55. The highest BCUT2D eigenvalue weighted by Crippen LogP contribution is 2.32. The number of hydrogen-bond donors (Lipinski definition) is 2. The lowest BCUT2D eigenvalue weighted by Gasteiger charge is -2.24. The number of hydrogen-bond acceptors (Lipinski definition) is 6. The minimum atomic E-state index is -1.02. The Balaban J connectivity index is 1.87. The predicted octanol–water partition coefficient (Wildman–Crippen LogP) is 3.35. The minimum Gasteiger partial charge on any atom is -0.478 e. The smallest absolute Gasteiger partial charge is 0.335 e. The van der Waals surface area contributed by atoms with E-state index in [1.54, 1.807) is 23.1 Å². The Morgan fingerprint density at radius 2 is 2.08 bits per heavy atom. The number of carboxylic acid groups (broad SMARTS) is 1. The summed E-state index contributed by atoms with van der Waals surface area (Å²) in [5.41, 5.74) is 0.937. The first-order valence-corrected chi connectivity index (χ1v) is 9.57. The third kappa shape index (κ3) is 3.73. The van der Waals surface area contributed by atoms with Crippen LogP contribution in [0.5, 0.6) is 0 Å². The maximum Gasteiger partial charge on any atom is 0.335 e. The van der Waals surface area contributed by atoms with Gasteiger partial charge in [-0.25, -0.2) is 9.69 Å². The lowest BCUT2D eigenvalue weighted by Crippen LogP contribution is -2.41. The summed E-state index contributed by atoms with van der Waals surface area (Å²) in [4.78, 5) is 28.9. The summed E-state index contributed by atoms with van der Waals surface area (Å²) in [5, 5.41) is 18.4. The Kier molecular flexibility index (Phi) is 5.28. The standard InChI is InChI=1S/C17H16N4O3S2/c1-9(2)8-25-17-20-26-16-19-14(22)12(13(18)21(16)17)7-10-3-5-11(6-4-10)15(23)24/h3-7,9,18H,8H2,1-2H3,(H,23,24)/b12-7-,18-13?. The van der Waals surface area contributed by atoms with E-state index in [0.29, 0.717) is 21.8 Å². The van der Waals surface area contributed by atoms with Crippen molar-refractivity contribution in [1.82, 2.24) is 4.90 Å². The number of amidine groups is 3.